The molecule has 0 bridgehead atoms. The molecule has 0 aliphatic heterocycles. The Morgan fingerprint density at radius 1 is 1.11 bits per heavy atom. The van der Waals surface area contributed by atoms with Crippen molar-refractivity contribution in [3.8, 4) is 6.07 Å². The van der Waals surface area contributed by atoms with Gasteiger partial charge in [-0.25, -0.2) is 0 Å². The van der Waals surface area contributed by atoms with Crippen LogP contribution in [0.25, 0.3) is 0 Å². The molecule has 0 N–H and O–H groups in total. The van der Waals surface area contributed by atoms with Gasteiger partial charge in [0.05, 0.1) is 18.2 Å². The van der Waals surface area contributed by atoms with Crippen LogP contribution in [0, 0.1) is 11.3 Å². The van der Waals surface area contributed by atoms with Crippen LogP contribution < -0.4 is 0 Å². The van der Waals surface area contributed by atoms with Crippen LogP contribution in [0.4, 0.5) is 0 Å². The quantitative estimate of drug-likeness (QED) is 0.414. The zero-order valence-corrected chi connectivity index (χ0v) is 18.7. The Morgan fingerprint density at radius 3 is 2.32 bits per heavy atom. The summed E-state index contributed by atoms with van der Waals surface area (Å²) in [5, 5.41) is 9.11. The molecule has 0 spiro atoms. The van der Waals surface area contributed by atoms with Crippen molar-refractivity contribution in [3.63, 3.8) is 0 Å². The van der Waals surface area contributed by atoms with Crippen LogP contribution in [0.1, 0.15) is 68.6 Å². The predicted octanol–water partition coefficient (Wildman–Crippen LogP) is 5.88. The maximum atomic E-state index is 13.1. The van der Waals surface area contributed by atoms with E-state index in [-0.39, 0.29) is 5.78 Å². The van der Waals surface area contributed by atoms with Crippen molar-refractivity contribution in [1.82, 2.24) is 4.98 Å². The fourth-order valence-electron chi connectivity index (χ4n) is 4.35. The van der Waals surface area contributed by atoms with Crippen LogP contribution in [-0.4, -0.2) is 19.1 Å². The molecule has 148 valence electrons. The molecule has 28 heavy (non-hydrogen) atoms. The standard InChI is InChI=1S/C23H30N2O2Si/c1-16(2)28(17(3)4,18(5)6)27-15-21-14-25-11-10-22(21)23(26)20-9-7-8-19(12-20)13-24/h7-12,14,16-18H,15H2,1-6H3. The fourth-order valence-corrected chi connectivity index (χ4v) is 9.76. The third kappa shape index (κ3) is 4.40. The molecule has 0 saturated carbocycles. The van der Waals surface area contributed by atoms with Gasteiger partial charge in [-0.1, -0.05) is 53.7 Å². The molecule has 0 fully saturated rings. The van der Waals surface area contributed by atoms with Crippen LogP contribution in [0.3, 0.4) is 0 Å². The van der Waals surface area contributed by atoms with Gasteiger partial charge in [-0.3, -0.25) is 9.78 Å². The first-order chi connectivity index (χ1) is 13.2. The number of rotatable bonds is 8. The first-order valence-electron chi connectivity index (χ1n) is 9.85. The van der Waals surface area contributed by atoms with Crippen molar-refractivity contribution in [2.24, 2.45) is 0 Å². The summed E-state index contributed by atoms with van der Waals surface area (Å²) in [6, 6.07) is 10.6. The summed E-state index contributed by atoms with van der Waals surface area (Å²) in [5.74, 6) is -0.107. The number of nitriles is 1. The number of ketones is 1. The maximum Gasteiger partial charge on any atom is 0.200 e. The van der Waals surface area contributed by atoms with Gasteiger partial charge in [0.2, 0.25) is 8.32 Å². The van der Waals surface area contributed by atoms with E-state index in [9.17, 15) is 4.79 Å². The molecule has 1 aromatic heterocycles. The van der Waals surface area contributed by atoms with E-state index in [1.807, 2.05) is 0 Å². The second-order valence-corrected chi connectivity index (χ2v) is 13.6. The molecular formula is C23H30N2O2Si. The van der Waals surface area contributed by atoms with Crippen molar-refractivity contribution in [2.75, 3.05) is 0 Å². The maximum absolute atomic E-state index is 13.1. The van der Waals surface area contributed by atoms with Gasteiger partial charge in [-0.05, 0) is 34.8 Å². The van der Waals surface area contributed by atoms with Gasteiger partial charge >= 0.3 is 0 Å². The molecule has 0 saturated heterocycles. The molecular weight excluding hydrogens is 364 g/mol. The average Bonchev–Trinajstić information content (AvgIpc) is 2.67. The van der Waals surface area contributed by atoms with Crippen molar-refractivity contribution < 1.29 is 9.22 Å². The van der Waals surface area contributed by atoms with Crippen molar-refractivity contribution in [1.29, 1.82) is 5.26 Å². The summed E-state index contributed by atoms with van der Waals surface area (Å²) < 4.78 is 6.67. The summed E-state index contributed by atoms with van der Waals surface area (Å²) in [7, 11) is -2.04. The van der Waals surface area contributed by atoms with Gasteiger partial charge in [-0.2, -0.15) is 5.26 Å². The van der Waals surface area contributed by atoms with Crippen LogP contribution in [-0.2, 0) is 11.0 Å². The molecule has 1 aromatic carbocycles. The van der Waals surface area contributed by atoms with Crippen molar-refractivity contribution >= 4 is 14.1 Å². The second kappa shape index (κ2) is 9.27. The molecule has 0 atom stereocenters. The molecule has 0 radical (unpaired) electrons. The van der Waals surface area contributed by atoms with Gasteiger partial charge < -0.3 is 4.43 Å². The van der Waals surface area contributed by atoms with E-state index in [4.69, 9.17) is 9.69 Å². The first kappa shape index (κ1) is 22.0. The Balaban J connectivity index is 2.36. The highest BCUT2D eigenvalue weighted by Gasteiger charge is 2.45. The molecule has 1 heterocycles. The summed E-state index contributed by atoms with van der Waals surface area (Å²) >= 11 is 0. The fraction of sp³-hybridized carbons (Fsp3) is 0.435. The van der Waals surface area contributed by atoms with E-state index in [2.05, 4.69) is 52.6 Å². The van der Waals surface area contributed by atoms with Crippen molar-refractivity contribution in [3.05, 3.63) is 65.0 Å². The van der Waals surface area contributed by atoms with E-state index in [0.717, 1.165) is 5.56 Å². The number of nitrogens with zero attached hydrogens (tertiary/aromatic N) is 2. The lowest BCUT2D eigenvalue weighted by molar-refractivity contribution is 0.103. The number of benzene rings is 1. The Bertz CT molecular complexity index is 847. The largest absolute Gasteiger partial charge is 0.412 e. The minimum atomic E-state index is -2.04. The van der Waals surface area contributed by atoms with E-state index < -0.39 is 8.32 Å². The highest BCUT2D eigenvalue weighted by Crippen LogP contribution is 2.42. The number of carbonyl (C=O) groups is 1. The van der Waals surface area contributed by atoms with Crippen LogP contribution in [0.15, 0.2) is 42.7 Å². The van der Waals surface area contributed by atoms with Gasteiger partial charge in [0.25, 0.3) is 0 Å². The second-order valence-electron chi connectivity index (χ2n) is 8.16. The van der Waals surface area contributed by atoms with Crippen LogP contribution in [0.5, 0.6) is 0 Å². The zero-order chi connectivity index (χ0) is 20.9. The minimum absolute atomic E-state index is 0.107. The Hall–Kier alpha value is -2.29. The summed E-state index contributed by atoms with van der Waals surface area (Å²) in [4.78, 5) is 17.3. The lowest BCUT2D eigenvalue weighted by Gasteiger charge is -2.42. The number of pyridine rings is 1. The van der Waals surface area contributed by atoms with Crippen molar-refractivity contribution in [2.45, 2.75) is 64.8 Å². The predicted molar refractivity (Wildman–Crippen MR) is 115 cm³/mol. The molecule has 0 amide bonds. The lowest BCUT2D eigenvalue weighted by Crippen LogP contribution is -2.47. The van der Waals surface area contributed by atoms with E-state index in [1.54, 1.807) is 42.7 Å². The summed E-state index contributed by atoms with van der Waals surface area (Å²) in [6.07, 6.45) is 3.35. The zero-order valence-electron chi connectivity index (χ0n) is 17.7. The molecule has 2 rings (SSSR count). The number of hydrogen-bond donors (Lipinski definition) is 0. The third-order valence-electron chi connectivity index (χ3n) is 5.59. The van der Waals surface area contributed by atoms with Gasteiger partial charge in [0.15, 0.2) is 5.78 Å². The SMILES string of the molecule is CC(C)[Si](OCc1cnccc1C(=O)c1cccc(C#N)c1)(C(C)C)C(C)C. The lowest BCUT2D eigenvalue weighted by atomic mass is 9.99. The van der Waals surface area contributed by atoms with E-state index in [1.165, 1.54) is 0 Å². The molecule has 0 unspecified atom stereocenters. The molecule has 4 nitrogen and oxygen atoms in total. The Morgan fingerprint density at radius 2 is 1.75 bits per heavy atom. The highest BCUT2D eigenvalue weighted by atomic mass is 28.4. The number of carbonyl (C=O) groups excluding carboxylic acids is 1. The molecule has 0 aliphatic rings. The smallest absolute Gasteiger partial charge is 0.200 e. The monoisotopic (exact) mass is 394 g/mol. The van der Waals surface area contributed by atoms with E-state index in [0.29, 0.717) is 39.9 Å². The van der Waals surface area contributed by atoms with Gasteiger partial charge in [0, 0.05) is 29.1 Å². The number of hydrogen-bond acceptors (Lipinski definition) is 4. The third-order valence-corrected chi connectivity index (χ3v) is 11.6. The molecule has 5 heteroatoms. The van der Waals surface area contributed by atoms with Gasteiger partial charge in [-0.15, -0.1) is 0 Å². The summed E-state index contributed by atoms with van der Waals surface area (Å²) in [5.41, 5.74) is 3.77. The average molecular weight is 395 g/mol. The van der Waals surface area contributed by atoms with Gasteiger partial charge in [0.1, 0.15) is 0 Å². The minimum Gasteiger partial charge on any atom is -0.412 e. The highest BCUT2D eigenvalue weighted by molar-refractivity contribution is 6.77. The topological polar surface area (TPSA) is 63.0 Å². The Kier molecular flexibility index (Phi) is 7.28. The van der Waals surface area contributed by atoms with Crippen LogP contribution >= 0.6 is 0 Å². The number of aromatic nitrogens is 1. The molecule has 2 aromatic rings. The molecule has 0 aliphatic carbocycles. The normalized spacial score (nSPS) is 11.9. The first-order valence-corrected chi connectivity index (χ1v) is 12.0. The Labute approximate surface area is 169 Å². The van der Waals surface area contributed by atoms with E-state index >= 15 is 0 Å². The van der Waals surface area contributed by atoms with Crippen LogP contribution in [0.2, 0.25) is 16.6 Å². The summed E-state index contributed by atoms with van der Waals surface area (Å²) in [6.45, 7) is 13.9.